The van der Waals surface area contributed by atoms with Crippen LogP contribution in [0.25, 0.3) is 0 Å². The molecule has 1 aromatic carbocycles. The van der Waals surface area contributed by atoms with Crippen LogP contribution < -0.4 is 0 Å². The molecule has 3 aliphatic rings. The number of benzene rings is 1. The van der Waals surface area contributed by atoms with Crippen LogP contribution in [0, 0.1) is 0 Å². The van der Waals surface area contributed by atoms with Crippen molar-refractivity contribution in [1.29, 1.82) is 0 Å². The van der Waals surface area contributed by atoms with Gasteiger partial charge in [-0.3, -0.25) is 0 Å². The zero-order chi connectivity index (χ0) is 13.7. The van der Waals surface area contributed by atoms with E-state index in [4.69, 9.17) is 0 Å². The standard InChI is InChI=1S/C17H24Si2/c1-5-19(4)16-11-13-17(14-12-16,18(19,2)3)15-9-7-6-8-10-15/h6-14,16H,5H2,1-4H3. The molecule has 4 rings (SSSR count). The van der Waals surface area contributed by atoms with Crippen LogP contribution >= 0.6 is 0 Å². The number of fused-ring (bicyclic) bond motifs is 1. The first-order chi connectivity index (χ1) is 8.98. The first-order valence-corrected chi connectivity index (χ1v) is 14.2. The van der Waals surface area contributed by atoms with E-state index in [2.05, 4.69) is 81.2 Å². The third-order valence-corrected chi connectivity index (χ3v) is 27.1. The molecule has 0 N–H and O–H groups in total. The summed E-state index contributed by atoms with van der Waals surface area (Å²) in [5.41, 5.74) is 2.30. The Balaban J connectivity index is 2.25. The van der Waals surface area contributed by atoms with Gasteiger partial charge in [-0.25, -0.2) is 0 Å². The van der Waals surface area contributed by atoms with Gasteiger partial charge in [0.15, 0.2) is 0 Å². The van der Waals surface area contributed by atoms with Gasteiger partial charge in [-0.05, 0) is 11.1 Å². The fourth-order valence-electron chi connectivity index (χ4n) is 4.31. The largest absolute Gasteiger partial charge is 0.0837 e. The van der Waals surface area contributed by atoms with Crippen LogP contribution in [0.3, 0.4) is 0 Å². The quantitative estimate of drug-likeness (QED) is 0.537. The minimum absolute atomic E-state index is 0.250. The molecule has 0 aromatic heterocycles. The topological polar surface area (TPSA) is 0 Å². The monoisotopic (exact) mass is 284 g/mol. The average molecular weight is 285 g/mol. The number of allylic oxidation sites excluding steroid dienone is 4. The zero-order valence-electron chi connectivity index (χ0n) is 12.5. The molecule has 2 heterocycles. The highest BCUT2D eigenvalue weighted by Gasteiger charge is 2.61. The van der Waals surface area contributed by atoms with Crippen LogP contribution in [-0.2, 0) is 5.04 Å². The highest BCUT2D eigenvalue weighted by atomic mass is 29.3. The Kier molecular flexibility index (Phi) is 2.81. The van der Waals surface area contributed by atoms with E-state index in [0.717, 1.165) is 5.54 Å². The third-order valence-electron chi connectivity index (χ3n) is 6.32. The summed E-state index contributed by atoms with van der Waals surface area (Å²) in [6.45, 7) is 10.4. The van der Waals surface area contributed by atoms with Gasteiger partial charge in [0.2, 0.25) is 0 Å². The SMILES string of the molecule is CC[Si]1(C)C2C=CC(c3ccccc3)(C=C2)[Si]1(C)C. The summed E-state index contributed by atoms with van der Waals surface area (Å²) in [7, 11) is -2.56. The van der Waals surface area contributed by atoms with Crippen LogP contribution in [0.4, 0.5) is 0 Å². The summed E-state index contributed by atoms with van der Waals surface area (Å²) in [6.07, 6.45) is 10.1. The average Bonchev–Trinajstić information content (AvgIpc) is 2.46. The maximum Gasteiger partial charge on any atom is 0.0635 e. The lowest BCUT2D eigenvalue weighted by Gasteiger charge is -2.60. The second kappa shape index (κ2) is 4.06. The molecule has 0 saturated carbocycles. The van der Waals surface area contributed by atoms with Gasteiger partial charge in [0.1, 0.15) is 0 Å². The summed E-state index contributed by atoms with van der Waals surface area (Å²) in [4.78, 5) is 0. The van der Waals surface area contributed by atoms with Crippen molar-refractivity contribution in [2.45, 2.75) is 43.2 Å². The Bertz CT molecular complexity index is 528. The van der Waals surface area contributed by atoms with Gasteiger partial charge in [0.25, 0.3) is 0 Å². The molecule has 19 heavy (non-hydrogen) atoms. The van der Waals surface area contributed by atoms with Crippen molar-refractivity contribution in [2.24, 2.45) is 0 Å². The summed E-state index contributed by atoms with van der Waals surface area (Å²) in [5.74, 6) is 0. The van der Waals surface area contributed by atoms with Gasteiger partial charge < -0.3 is 0 Å². The highest BCUT2D eigenvalue weighted by Crippen LogP contribution is 2.55. The molecule has 0 nitrogen and oxygen atoms in total. The van der Waals surface area contributed by atoms with E-state index in [1.807, 2.05) is 0 Å². The highest BCUT2D eigenvalue weighted by molar-refractivity contribution is 7.43. The molecule has 0 fully saturated rings. The van der Waals surface area contributed by atoms with Crippen LogP contribution in [0.1, 0.15) is 12.5 Å². The molecule has 0 saturated heterocycles. The number of rotatable bonds is 2. The van der Waals surface area contributed by atoms with E-state index in [9.17, 15) is 0 Å². The summed E-state index contributed by atoms with van der Waals surface area (Å²) in [5, 5.41) is 0.250. The maximum atomic E-state index is 2.66. The van der Waals surface area contributed by atoms with Crippen LogP contribution in [0.2, 0.25) is 31.2 Å². The summed E-state index contributed by atoms with van der Waals surface area (Å²) >= 11 is 0. The van der Waals surface area contributed by atoms with Crippen molar-refractivity contribution in [3.8, 4) is 0 Å². The van der Waals surface area contributed by atoms with E-state index < -0.39 is 15.2 Å². The molecule has 100 valence electrons. The van der Waals surface area contributed by atoms with E-state index in [1.54, 1.807) is 0 Å². The van der Waals surface area contributed by atoms with E-state index in [-0.39, 0.29) is 5.04 Å². The molecule has 1 aliphatic carbocycles. The zero-order valence-corrected chi connectivity index (χ0v) is 14.5. The molecule has 2 aliphatic heterocycles. The van der Waals surface area contributed by atoms with Gasteiger partial charge in [-0.1, -0.05) is 87.2 Å². The Morgan fingerprint density at radius 3 is 2.11 bits per heavy atom. The molecule has 1 atom stereocenters. The maximum absolute atomic E-state index is 2.66. The Labute approximate surface area is 119 Å². The van der Waals surface area contributed by atoms with E-state index >= 15 is 0 Å². The number of hydrogen-bond donors (Lipinski definition) is 0. The summed E-state index contributed by atoms with van der Waals surface area (Å²) in [6, 6.07) is 12.6. The van der Waals surface area contributed by atoms with Gasteiger partial charge in [-0.2, -0.15) is 0 Å². The predicted molar refractivity (Wildman–Crippen MR) is 89.7 cm³/mol. The lowest BCUT2D eigenvalue weighted by Crippen LogP contribution is -2.72. The van der Waals surface area contributed by atoms with Crippen LogP contribution in [0.15, 0.2) is 54.6 Å². The van der Waals surface area contributed by atoms with Crippen LogP contribution in [-0.4, -0.2) is 15.2 Å². The molecule has 1 aromatic rings. The number of hydrogen-bond acceptors (Lipinski definition) is 0. The Hall–Kier alpha value is -0.866. The van der Waals surface area contributed by atoms with Crippen molar-refractivity contribution in [1.82, 2.24) is 0 Å². The van der Waals surface area contributed by atoms with Crippen molar-refractivity contribution in [2.75, 3.05) is 0 Å². The van der Waals surface area contributed by atoms with Gasteiger partial charge >= 0.3 is 0 Å². The molecule has 2 bridgehead atoms. The Morgan fingerprint density at radius 2 is 1.58 bits per heavy atom. The minimum atomic E-state index is -1.35. The lowest BCUT2D eigenvalue weighted by molar-refractivity contribution is 0.863. The van der Waals surface area contributed by atoms with Gasteiger partial charge in [0.05, 0.1) is 15.2 Å². The third kappa shape index (κ3) is 1.44. The second-order valence-electron chi connectivity index (χ2n) is 6.88. The van der Waals surface area contributed by atoms with E-state index in [1.165, 1.54) is 11.6 Å². The van der Waals surface area contributed by atoms with E-state index in [0.29, 0.717) is 0 Å². The normalized spacial score (nSPS) is 38.6. The summed E-state index contributed by atoms with van der Waals surface area (Å²) < 4.78 is 0. The molecule has 0 spiro atoms. The predicted octanol–water partition coefficient (Wildman–Crippen LogP) is 4.86. The van der Waals surface area contributed by atoms with Crippen molar-refractivity contribution >= 4 is 15.2 Å². The van der Waals surface area contributed by atoms with Crippen LogP contribution in [0.5, 0.6) is 0 Å². The molecule has 2 heteroatoms. The van der Waals surface area contributed by atoms with Crippen molar-refractivity contribution in [3.05, 3.63) is 60.2 Å². The molecular weight excluding hydrogens is 260 g/mol. The lowest BCUT2D eigenvalue weighted by atomic mass is 9.93. The van der Waals surface area contributed by atoms with Crippen molar-refractivity contribution < 1.29 is 0 Å². The molecular formula is C17H24Si2. The first-order valence-electron chi connectivity index (χ1n) is 7.42. The molecule has 1 unspecified atom stereocenters. The molecule has 0 radical (unpaired) electrons. The molecule has 0 amide bonds. The van der Waals surface area contributed by atoms with Gasteiger partial charge in [-0.15, -0.1) is 0 Å². The second-order valence-corrected chi connectivity index (χ2v) is 22.3. The van der Waals surface area contributed by atoms with Crippen molar-refractivity contribution in [3.63, 3.8) is 0 Å². The fourth-order valence-corrected chi connectivity index (χ4v) is 19.9. The van der Waals surface area contributed by atoms with Gasteiger partial charge in [0, 0.05) is 5.04 Å². The first kappa shape index (κ1) is 13.1. The fraction of sp³-hybridized carbons (Fsp3) is 0.412. The smallest absolute Gasteiger partial charge is 0.0635 e. The minimum Gasteiger partial charge on any atom is -0.0837 e. The Morgan fingerprint density at radius 1 is 1.00 bits per heavy atom.